The zero-order valence-electron chi connectivity index (χ0n) is 17.1. The van der Waals surface area contributed by atoms with Gasteiger partial charge in [0.05, 0.1) is 17.6 Å². The van der Waals surface area contributed by atoms with Crippen LogP contribution in [0.4, 0.5) is 10.1 Å². The number of thioether (sulfide) groups is 1. The monoisotopic (exact) mass is 457 g/mol. The van der Waals surface area contributed by atoms with Crippen LogP contribution in [0.3, 0.4) is 0 Å². The molecule has 1 aliphatic carbocycles. The minimum Gasteiger partial charge on any atom is -0.333 e. The molecule has 33 heavy (non-hydrogen) atoms. The highest BCUT2D eigenvalue weighted by Crippen LogP contribution is 2.29. The summed E-state index contributed by atoms with van der Waals surface area (Å²) in [5, 5.41) is 3.31. The molecule has 0 fully saturated rings. The lowest BCUT2D eigenvalue weighted by molar-refractivity contribution is -0.113. The van der Waals surface area contributed by atoms with Gasteiger partial charge in [-0.3, -0.25) is 14.4 Å². The average Bonchev–Trinajstić information content (AvgIpc) is 3.31. The molecule has 1 aliphatic rings. The number of carbonyl (C=O) groups excluding carboxylic acids is 3. The summed E-state index contributed by atoms with van der Waals surface area (Å²) in [5.74, 6) is -0.960. The van der Waals surface area contributed by atoms with E-state index in [1.807, 2.05) is 0 Å². The summed E-state index contributed by atoms with van der Waals surface area (Å²) in [6, 6.07) is 17.4. The van der Waals surface area contributed by atoms with E-state index in [0.717, 1.165) is 11.3 Å². The lowest BCUT2D eigenvalue weighted by Crippen LogP contribution is -2.21. The maximum absolute atomic E-state index is 13.1. The molecule has 8 heteroatoms. The number of benzene rings is 3. The Kier molecular flexibility index (Phi) is 5.35. The van der Waals surface area contributed by atoms with Gasteiger partial charge in [-0.1, -0.05) is 36.0 Å². The molecule has 0 aliphatic heterocycles. The zero-order chi connectivity index (χ0) is 22.9. The molecule has 1 amide bonds. The maximum Gasteiger partial charge on any atom is 0.234 e. The fourth-order valence-electron chi connectivity index (χ4n) is 3.66. The third-order valence-electron chi connectivity index (χ3n) is 5.26. The number of halogens is 1. The van der Waals surface area contributed by atoms with Crippen LogP contribution in [0.25, 0.3) is 11.3 Å². The molecule has 0 spiro atoms. The Morgan fingerprint density at radius 2 is 1.58 bits per heavy atom. The van der Waals surface area contributed by atoms with Crippen molar-refractivity contribution in [1.82, 2.24) is 9.97 Å². The van der Waals surface area contributed by atoms with Gasteiger partial charge in [0.25, 0.3) is 0 Å². The minimum atomic E-state index is -0.318. The number of nitrogens with one attached hydrogen (secondary N) is 2. The number of ketones is 2. The number of anilines is 1. The van der Waals surface area contributed by atoms with E-state index in [0.29, 0.717) is 27.5 Å². The highest BCUT2D eigenvalue weighted by atomic mass is 32.2. The van der Waals surface area contributed by atoms with Gasteiger partial charge in [-0.05, 0) is 48.0 Å². The SMILES string of the molecule is O=C(CSc1ncc(-c2ccc(F)cc2)[nH]1)Nc1ccc2c(c1)C(=O)c1ccccc1C2=O. The molecule has 4 aromatic rings. The number of rotatable bonds is 5. The summed E-state index contributed by atoms with van der Waals surface area (Å²) in [4.78, 5) is 45.3. The van der Waals surface area contributed by atoms with Crippen molar-refractivity contribution >= 4 is 34.9 Å². The summed E-state index contributed by atoms with van der Waals surface area (Å²) in [6.07, 6.45) is 1.62. The topological polar surface area (TPSA) is 91.9 Å². The van der Waals surface area contributed by atoms with Gasteiger partial charge in [0.2, 0.25) is 5.91 Å². The van der Waals surface area contributed by atoms with Gasteiger partial charge < -0.3 is 10.3 Å². The second-order valence-corrected chi connectivity index (χ2v) is 8.37. The molecule has 6 nitrogen and oxygen atoms in total. The number of aromatic nitrogens is 2. The van der Waals surface area contributed by atoms with Crippen LogP contribution in [0.2, 0.25) is 0 Å². The van der Waals surface area contributed by atoms with Gasteiger partial charge in [-0.25, -0.2) is 9.37 Å². The van der Waals surface area contributed by atoms with Crippen LogP contribution in [-0.4, -0.2) is 33.2 Å². The molecular weight excluding hydrogens is 441 g/mol. The molecule has 2 N–H and O–H groups in total. The van der Waals surface area contributed by atoms with E-state index >= 15 is 0 Å². The van der Waals surface area contributed by atoms with Crippen LogP contribution < -0.4 is 5.32 Å². The Bertz CT molecular complexity index is 1410. The molecule has 0 saturated carbocycles. The number of fused-ring (bicyclic) bond motifs is 2. The zero-order valence-corrected chi connectivity index (χ0v) is 17.9. The lowest BCUT2D eigenvalue weighted by atomic mass is 9.84. The number of carbonyl (C=O) groups is 3. The predicted molar refractivity (Wildman–Crippen MR) is 123 cm³/mol. The van der Waals surface area contributed by atoms with Crippen LogP contribution in [0, 0.1) is 5.82 Å². The van der Waals surface area contributed by atoms with Crippen molar-refractivity contribution in [2.45, 2.75) is 5.16 Å². The first kappa shape index (κ1) is 20.8. The molecule has 3 aromatic carbocycles. The Balaban J connectivity index is 1.25. The van der Waals surface area contributed by atoms with E-state index in [2.05, 4.69) is 15.3 Å². The van der Waals surface area contributed by atoms with Gasteiger partial charge in [0, 0.05) is 27.9 Å². The summed E-state index contributed by atoms with van der Waals surface area (Å²) >= 11 is 1.21. The molecule has 0 saturated heterocycles. The average molecular weight is 457 g/mol. The van der Waals surface area contributed by atoms with Crippen LogP contribution in [0.5, 0.6) is 0 Å². The molecule has 1 heterocycles. The van der Waals surface area contributed by atoms with Crippen molar-refractivity contribution in [3.8, 4) is 11.3 Å². The number of amides is 1. The number of imidazole rings is 1. The molecule has 5 rings (SSSR count). The molecule has 0 unspecified atom stereocenters. The standard InChI is InChI=1S/C25H16FN3O3S/c26-15-7-5-14(6-8-15)21-12-27-25(29-21)33-13-22(30)28-16-9-10-19-20(11-16)24(32)18-4-2-1-3-17(18)23(19)31/h1-12H,13H2,(H,27,29)(H,28,30). The molecule has 0 atom stereocenters. The van der Waals surface area contributed by atoms with Crippen molar-refractivity contribution in [1.29, 1.82) is 0 Å². The molecule has 162 valence electrons. The van der Waals surface area contributed by atoms with E-state index in [1.54, 1.807) is 54.7 Å². The number of hydrogen-bond acceptors (Lipinski definition) is 5. The van der Waals surface area contributed by atoms with Crippen LogP contribution >= 0.6 is 11.8 Å². The Hall–Kier alpha value is -4.04. The highest BCUT2D eigenvalue weighted by molar-refractivity contribution is 7.99. The summed E-state index contributed by atoms with van der Waals surface area (Å²) in [6.45, 7) is 0. The van der Waals surface area contributed by atoms with Crippen LogP contribution in [0.1, 0.15) is 31.8 Å². The fraction of sp³-hybridized carbons (Fsp3) is 0.0400. The van der Waals surface area contributed by atoms with Crippen molar-refractivity contribution in [3.05, 3.63) is 101 Å². The smallest absolute Gasteiger partial charge is 0.234 e. The van der Waals surface area contributed by atoms with Gasteiger partial charge in [0.1, 0.15) is 5.82 Å². The number of hydrogen-bond donors (Lipinski definition) is 2. The van der Waals surface area contributed by atoms with Crippen molar-refractivity contribution in [2.75, 3.05) is 11.1 Å². The number of H-pyrrole nitrogens is 1. The van der Waals surface area contributed by atoms with Gasteiger partial charge >= 0.3 is 0 Å². The first-order valence-electron chi connectivity index (χ1n) is 10.1. The van der Waals surface area contributed by atoms with Gasteiger partial charge in [-0.15, -0.1) is 0 Å². The van der Waals surface area contributed by atoms with Gasteiger partial charge in [0.15, 0.2) is 16.7 Å². The molecule has 0 bridgehead atoms. The summed E-state index contributed by atoms with van der Waals surface area (Å²) < 4.78 is 13.1. The Labute approximate surface area is 192 Å². The number of nitrogens with zero attached hydrogens (tertiary/aromatic N) is 1. The third-order valence-corrected chi connectivity index (χ3v) is 6.14. The normalized spacial score (nSPS) is 12.3. The van der Waals surface area contributed by atoms with E-state index in [-0.39, 0.29) is 34.6 Å². The molecule has 0 radical (unpaired) electrons. The second kappa shape index (κ2) is 8.48. The Morgan fingerprint density at radius 3 is 2.30 bits per heavy atom. The Morgan fingerprint density at radius 1 is 0.909 bits per heavy atom. The quantitative estimate of drug-likeness (QED) is 0.373. The molecule has 1 aromatic heterocycles. The number of aromatic amines is 1. The van der Waals surface area contributed by atoms with E-state index in [1.165, 1.54) is 30.0 Å². The fourth-order valence-corrected chi connectivity index (χ4v) is 4.31. The van der Waals surface area contributed by atoms with E-state index in [4.69, 9.17) is 0 Å². The first-order valence-corrected chi connectivity index (χ1v) is 11.0. The lowest BCUT2D eigenvalue weighted by Gasteiger charge is -2.18. The first-order chi connectivity index (χ1) is 16.0. The molecular formula is C25H16FN3O3S. The van der Waals surface area contributed by atoms with E-state index < -0.39 is 0 Å². The summed E-state index contributed by atoms with van der Waals surface area (Å²) in [7, 11) is 0. The second-order valence-electron chi connectivity index (χ2n) is 7.41. The van der Waals surface area contributed by atoms with Crippen molar-refractivity contribution < 1.29 is 18.8 Å². The predicted octanol–water partition coefficient (Wildman–Crippen LogP) is 4.72. The maximum atomic E-state index is 13.1. The summed E-state index contributed by atoms with van der Waals surface area (Å²) in [5.41, 5.74) is 3.30. The minimum absolute atomic E-state index is 0.0865. The van der Waals surface area contributed by atoms with Gasteiger partial charge in [-0.2, -0.15) is 0 Å². The van der Waals surface area contributed by atoms with Crippen LogP contribution in [0.15, 0.2) is 78.1 Å². The van der Waals surface area contributed by atoms with Crippen molar-refractivity contribution in [3.63, 3.8) is 0 Å². The third kappa shape index (κ3) is 4.08. The highest BCUT2D eigenvalue weighted by Gasteiger charge is 2.29. The largest absolute Gasteiger partial charge is 0.333 e. The van der Waals surface area contributed by atoms with Crippen molar-refractivity contribution in [2.24, 2.45) is 0 Å². The van der Waals surface area contributed by atoms with E-state index in [9.17, 15) is 18.8 Å². The van der Waals surface area contributed by atoms with Crippen LogP contribution in [-0.2, 0) is 4.79 Å².